The van der Waals surface area contributed by atoms with Crippen molar-refractivity contribution in [2.24, 2.45) is 0 Å². The van der Waals surface area contributed by atoms with Crippen molar-refractivity contribution in [2.75, 3.05) is 0 Å². The van der Waals surface area contributed by atoms with Crippen LogP contribution in [-0.2, 0) is 10.3 Å². The molecule has 112 valence electrons. The molecular formula is C14H14Cl2N2O2S. The second-order valence-electron chi connectivity index (χ2n) is 5.06. The molecule has 0 saturated carbocycles. The minimum Gasteiger partial charge on any atom is -0.378 e. The van der Waals surface area contributed by atoms with Gasteiger partial charge in [-0.05, 0) is 37.6 Å². The van der Waals surface area contributed by atoms with Gasteiger partial charge < -0.3 is 10.4 Å². The van der Waals surface area contributed by atoms with Crippen LogP contribution in [0.2, 0.25) is 10.0 Å². The van der Waals surface area contributed by atoms with Gasteiger partial charge in [0.15, 0.2) is 6.10 Å². The Morgan fingerprint density at radius 3 is 2.48 bits per heavy atom. The number of halogens is 2. The number of rotatable bonds is 4. The first-order valence-electron chi connectivity index (χ1n) is 6.15. The molecule has 4 nitrogen and oxygen atoms in total. The summed E-state index contributed by atoms with van der Waals surface area (Å²) in [6.45, 7) is 3.64. The Kier molecular flexibility index (Phi) is 4.88. The number of hydrogen-bond donors (Lipinski definition) is 2. The van der Waals surface area contributed by atoms with Gasteiger partial charge in [-0.1, -0.05) is 23.2 Å². The highest BCUT2D eigenvalue weighted by molar-refractivity contribution is 7.09. The highest BCUT2D eigenvalue weighted by atomic mass is 35.5. The third kappa shape index (κ3) is 3.95. The molecule has 2 N–H and O–H groups in total. The summed E-state index contributed by atoms with van der Waals surface area (Å²) in [5.41, 5.74) is -0.325. The van der Waals surface area contributed by atoms with Crippen LogP contribution in [0.15, 0.2) is 29.8 Å². The first kappa shape index (κ1) is 16.2. The van der Waals surface area contributed by atoms with E-state index in [-0.39, 0.29) is 0 Å². The summed E-state index contributed by atoms with van der Waals surface area (Å²) in [5.74, 6) is -0.534. The van der Waals surface area contributed by atoms with Crippen LogP contribution >= 0.6 is 34.5 Å². The normalized spacial score (nSPS) is 13.0. The lowest BCUT2D eigenvalue weighted by atomic mass is 10.0. The van der Waals surface area contributed by atoms with E-state index in [0.717, 1.165) is 5.01 Å². The fourth-order valence-electron chi connectivity index (χ4n) is 1.85. The van der Waals surface area contributed by atoms with Crippen LogP contribution in [0.1, 0.15) is 30.5 Å². The monoisotopic (exact) mass is 344 g/mol. The van der Waals surface area contributed by atoms with Crippen LogP contribution in [0.5, 0.6) is 0 Å². The third-order valence-electron chi connectivity index (χ3n) is 2.85. The summed E-state index contributed by atoms with van der Waals surface area (Å²) in [4.78, 5) is 16.4. The van der Waals surface area contributed by atoms with Gasteiger partial charge in [-0.3, -0.25) is 4.79 Å². The SMILES string of the molecule is CC(C)(NC(=O)C(O)c1cc(Cl)cc(Cl)c1)c1nccs1. The zero-order valence-electron chi connectivity index (χ0n) is 11.4. The van der Waals surface area contributed by atoms with E-state index in [9.17, 15) is 9.90 Å². The molecule has 0 spiro atoms. The summed E-state index contributed by atoms with van der Waals surface area (Å²) in [5, 5.41) is 16.2. The van der Waals surface area contributed by atoms with E-state index in [4.69, 9.17) is 23.2 Å². The maximum Gasteiger partial charge on any atom is 0.254 e. The number of aliphatic hydroxyl groups excluding tert-OH is 1. The standard InChI is InChI=1S/C14H14Cl2N2O2S/c1-14(2,13-17-3-4-21-13)18-12(20)11(19)8-5-9(15)7-10(16)6-8/h3-7,11,19H,1-2H3,(H,18,20). The number of benzene rings is 1. The number of thiazole rings is 1. The molecule has 1 unspecified atom stereocenters. The minimum absolute atomic E-state index is 0.347. The Balaban J connectivity index is 2.16. The van der Waals surface area contributed by atoms with Crippen molar-refractivity contribution in [3.05, 3.63) is 50.4 Å². The molecule has 0 aliphatic heterocycles. The average molecular weight is 345 g/mol. The number of carbonyl (C=O) groups is 1. The summed E-state index contributed by atoms with van der Waals surface area (Å²) in [6, 6.07) is 4.55. The molecule has 0 aliphatic rings. The summed E-state index contributed by atoms with van der Waals surface area (Å²) in [6.07, 6.45) is 0.321. The zero-order valence-corrected chi connectivity index (χ0v) is 13.8. The molecule has 0 radical (unpaired) electrons. The smallest absolute Gasteiger partial charge is 0.254 e. The van der Waals surface area contributed by atoms with E-state index in [2.05, 4.69) is 10.3 Å². The fourth-order valence-corrected chi connectivity index (χ4v) is 3.11. The second kappa shape index (κ2) is 6.32. The lowest BCUT2D eigenvalue weighted by molar-refractivity contribution is -0.131. The molecule has 21 heavy (non-hydrogen) atoms. The van der Waals surface area contributed by atoms with Gasteiger partial charge in [-0.2, -0.15) is 0 Å². The van der Waals surface area contributed by atoms with Crippen molar-refractivity contribution in [3.8, 4) is 0 Å². The Hall–Kier alpha value is -1.14. The molecule has 0 aliphatic carbocycles. The van der Waals surface area contributed by atoms with Gasteiger partial charge in [0, 0.05) is 21.6 Å². The Morgan fingerprint density at radius 2 is 1.95 bits per heavy atom. The van der Waals surface area contributed by atoms with Crippen LogP contribution in [0.4, 0.5) is 0 Å². The van der Waals surface area contributed by atoms with Gasteiger partial charge in [0.05, 0.1) is 5.54 Å². The molecule has 2 rings (SSSR count). The number of hydrogen-bond acceptors (Lipinski definition) is 4. The molecule has 7 heteroatoms. The number of aromatic nitrogens is 1. The second-order valence-corrected chi connectivity index (χ2v) is 6.82. The van der Waals surface area contributed by atoms with Crippen molar-refractivity contribution >= 4 is 40.4 Å². The number of nitrogens with zero attached hydrogens (tertiary/aromatic N) is 1. The molecule has 1 atom stereocenters. The predicted octanol–water partition coefficient (Wildman–Crippen LogP) is 3.53. The highest BCUT2D eigenvalue weighted by Gasteiger charge is 2.29. The van der Waals surface area contributed by atoms with Crippen molar-refractivity contribution in [1.82, 2.24) is 10.3 Å². The van der Waals surface area contributed by atoms with Crippen LogP contribution in [-0.4, -0.2) is 16.0 Å². The molecule has 1 aromatic carbocycles. The summed E-state index contributed by atoms with van der Waals surface area (Å²) in [7, 11) is 0. The van der Waals surface area contributed by atoms with Crippen LogP contribution in [0, 0.1) is 0 Å². The lowest BCUT2D eigenvalue weighted by Gasteiger charge is -2.25. The summed E-state index contributed by atoms with van der Waals surface area (Å²) < 4.78 is 0. The van der Waals surface area contributed by atoms with E-state index < -0.39 is 17.6 Å². The number of carbonyl (C=O) groups excluding carboxylic acids is 1. The van der Waals surface area contributed by atoms with Crippen molar-refractivity contribution in [1.29, 1.82) is 0 Å². The van der Waals surface area contributed by atoms with Crippen LogP contribution < -0.4 is 5.32 Å². The molecule has 1 amide bonds. The maximum atomic E-state index is 12.2. The number of amides is 1. The van der Waals surface area contributed by atoms with Crippen molar-refractivity contribution in [2.45, 2.75) is 25.5 Å². The van der Waals surface area contributed by atoms with Crippen molar-refractivity contribution in [3.63, 3.8) is 0 Å². The van der Waals surface area contributed by atoms with Gasteiger partial charge in [0.1, 0.15) is 5.01 Å². The largest absolute Gasteiger partial charge is 0.378 e. The van der Waals surface area contributed by atoms with E-state index >= 15 is 0 Å². The van der Waals surface area contributed by atoms with Gasteiger partial charge in [0.25, 0.3) is 5.91 Å². The Labute approximate surface area is 136 Å². The molecule has 1 heterocycles. The lowest BCUT2D eigenvalue weighted by Crippen LogP contribution is -2.43. The molecule has 0 fully saturated rings. The van der Waals surface area contributed by atoms with Gasteiger partial charge in [-0.15, -0.1) is 11.3 Å². The summed E-state index contributed by atoms with van der Waals surface area (Å²) >= 11 is 13.2. The molecule has 2 aromatic rings. The average Bonchev–Trinajstić information content (AvgIpc) is 2.90. The number of aliphatic hydroxyl groups is 1. The van der Waals surface area contributed by atoms with Gasteiger partial charge >= 0.3 is 0 Å². The maximum absolute atomic E-state index is 12.2. The quantitative estimate of drug-likeness (QED) is 0.891. The number of nitrogens with one attached hydrogen (secondary N) is 1. The van der Waals surface area contributed by atoms with E-state index in [1.54, 1.807) is 6.20 Å². The van der Waals surface area contributed by atoms with Gasteiger partial charge in [0.2, 0.25) is 0 Å². The van der Waals surface area contributed by atoms with Gasteiger partial charge in [-0.25, -0.2) is 4.98 Å². The molecule has 0 bridgehead atoms. The zero-order chi connectivity index (χ0) is 15.6. The first-order valence-corrected chi connectivity index (χ1v) is 7.79. The first-order chi connectivity index (χ1) is 9.79. The molecular weight excluding hydrogens is 331 g/mol. The predicted molar refractivity (Wildman–Crippen MR) is 84.7 cm³/mol. The molecule has 0 saturated heterocycles. The highest BCUT2D eigenvalue weighted by Crippen LogP contribution is 2.26. The van der Waals surface area contributed by atoms with Crippen LogP contribution in [0.3, 0.4) is 0 Å². The molecule has 1 aromatic heterocycles. The minimum atomic E-state index is -1.35. The van der Waals surface area contributed by atoms with E-state index in [1.165, 1.54) is 29.5 Å². The topological polar surface area (TPSA) is 62.2 Å². The van der Waals surface area contributed by atoms with E-state index in [1.807, 2.05) is 19.2 Å². The van der Waals surface area contributed by atoms with Crippen molar-refractivity contribution < 1.29 is 9.90 Å². The fraction of sp³-hybridized carbons (Fsp3) is 0.286. The Morgan fingerprint density at radius 1 is 1.33 bits per heavy atom. The third-order valence-corrected chi connectivity index (χ3v) is 4.38. The van der Waals surface area contributed by atoms with Crippen LogP contribution in [0.25, 0.3) is 0 Å². The van der Waals surface area contributed by atoms with E-state index in [0.29, 0.717) is 15.6 Å². The Bertz CT molecular complexity index is 624.